The molecule has 1 aliphatic heterocycles. The quantitative estimate of drug-likeness (QED) is 0.792. The number of halogens is 2. The largest absolute Gasteiger partial charge is 0.336 e. The summed E-state index contributed by atoms with van der Waals surface area (Å²) in [5, 5.41) is 10.9. The minimum absolute atomic E-state index is 0.440. The van der Waals surface area contributed by atoms with E-state index in [0.29, 0.717) is 12.1 Å². The third-order valence-electron chi connectivity index (χ3n) is 3.45. The van der Waals surface area contributed by atoms with Gasteiger partial charge in [0.2, 0.25) is 5.95 Å². The molecule has 1 aromatic carbocycles. The van der Waals surface area contributed by atoms with Crippen molar-refractivity contribution in [3.63, 3.8) is 0 Å². The summed E-state index contributed by atoms with van der Waals surface area (Å²) in [5.74, 6) is 1.55. The number of nitrogens with one attached hydrogen (secondary N) is 2. The first-order valence-electron chi connectivity index (χ1n) is 6.91. The lowest BCUT2D eigenvalue weighted by Crippen LogP contribution is -2.54. The Bertz CT molecular complexity index is 612. The molecule has 112 valence electrons. The highest BCUT2D eigenvalue weighted by Crippen LogP contribution is 2.26. The fraction of sp³-hybridized carbons (Fsp3) is 0.429. The summed E-state index contributed by atoms with van der Waals surface area (Å²) >= 11 is 7.00. The Morgan fingerprint density at radius 3 is 2.33 bits per heavy atom. The van der Waals surface area contributed by atoms with Crippen molar-refractivity contribution in [1.82, 2.24) is 20.5 Å². The number of anilines is 1. The van der Waals surface area contributed by atoms with Gasteiger partial charge in [-0.25, -0.2) is 0 Å². The number of piperazine rings is 1. The van der Waals surface area contributed by atoms with Gasteiger partial charge in [0, 0.05) is 39.7 Å². The number of nitrogens with zero attached hydrogens (tertiary/aromatic N) is 3. The summed E-state index contributed by atoms with van der Waals surface area (Å²) in [7, 11) is 0. The van der Waals surface area contributed by atoms with Crippen LogP contribution in [0.5, 0.6) is 0 Å². The predicted octanol–water partition coefficient (Wildman–Crippen LogP) is 3.18. The highest BCUT2D eigenvalue weighted by atomic mass is 79.9. The van der Waals surface area contributed by atoms with Crippen molar-refractivity contribution in [1.29, 1.82) is 0 Å². The van der Waals surface area contributed by atoms with E-state index >= 15 is 0 Å². The molecule has 5 nitrogen and oxygen atoms in total. The average Bonchev–Trinajstić information content (AvgIpc) is 2.85. The fourth-order valence-electron chi connectivity index (χ4n) is 2.70. The summed E-state index contributed by atoms with van der Waals surface area (Å²) < 4.78 is 2.02. The number of hydrogen-bond donors (Lipinski definition) is 2. The lowest BCUT2D eigenvalue weighted by atomic mass is 10.1. The van der Waals surface area contributed by atoms with Crippen LogP contribution in [-0.2, 0) is 0 Å². The van der Waals surface area contributed by atoms with Gasteiger partial charge in [-0.05, 0) is 32.0 Å². The number of benzene rings is 1. The minimum Gasteiger partial charge on any atom is -0.336 e. The van der Waals surface area contributed by atoms with Gasteiger partial charge in [-0.15, -0.1) is 5.10 Å². The molecule has 0 saturated carbocycles. The van der Waals surface area contributed by atoms with Gasteiger partial charge in [0.1, 0.15) is 0 Å². The smallest absolute Gasteiger partial charge is 0.245 e. The standard InChI is InChI=1S/C14H17Br2N5/c1-8-6-21(7-9(2)17-8)14-18-13(19-20-14)10-3-11(15)5-12(16)4-10/h3-5,8-9,17H,6-7H2,1-2H3,(H,18,19,20). The van der Waals surface area contributed by atoms with Crippen LogP contribution >= 0.6 is 31.9 Å². The average molecular weight is 415 g/mol. The highest BCUT2D eigenvalue weighted by Gasteiger charge is 2.23. The maximum Gasteiger partial charge on any atom is 0.245 e. The molecule has 21 heavy (non-hydrogen) atoms. The maximum atomic E-state index is 4.65. The Morgan fingerprint density at radius 2 is 1.71 bits per heavy atom. The van der Waals surface area contributed by atoms with Gasteiger partial charge in [-0.1, -0.05) is 31.9 Å². The Morgan fingerprint density at radius 1 is 1.10 bits per heavy atom. The summed E-state index contributed by atoms with van der Waals surface area (Å²) in [6, 6.07) is 6.93. The summed E-state index contributed by atoms with van der Waals surface area (Å²) in [4.78, 5) is 6.87. The van der Waals surface area contributed by atoms with E-state index in [1.54, 1.807) is 0 Å². The van der Waals surface area contributed by atoms with Gasteiger partial charge in [-0.3, -0.25) is 5.10 Å². The summed E-state index contributed by atoms with van der Waals surface area (Å²) in [6.45, 7) is 6.21. The van der Waals surface area contributed by atoms with Crippen LogP contribution in [0.3, 0.4) is 0 Å². The second-order valence-electron chi connectivity index (χ2n) is 5.52. The van der Waals surface area contributed by atoms with Crippen LogP contribution in [0.25, 0.3) is 11.4 Å². The van der Waals surface area contributed by atoms with Gasteiger partial charge in [0.25, 0.3) is 0 Å². The van der Waals surface area contributed by atoms with Crippen LogP contribution in [0.4, 0.5) is 5.95 Å². The van der Waals surface area contributed by atoms with Gasteiger partial charge in [0.15, 0.2) is 5.82 Å². The van der Waals surface area contributed by atoms with Crippen LogP contribution in [0.15, 0.2) is 27.1 Å². The van der Waals surface area contributed by atoms with E-state index in [9.17, 15) is 0 Å². The first kappa shape index (κ1) is 15.0. The molecule has 0 amide bonds. The number of rotatable bonds is 2. The summed E-state index contributed by atoms with van der Waals surface area (Å²) in [6.07, 6.45) is 0. The number of H-pyrrole nitrogens is 1. The Labute approximate surface area is 140 Å². The molecule has 2 aromatic rings. The lowest BCUT2D eigenvalue weighted by molar-refractivity contribution is 0.403. The Balaban J connectivity index is 1.86. The highest BCUT2D eigenvalue weighted by molar-refractivity contribution is 9.11. The molecule has 2 N–H and O–H groups in total. The van der Waals surface area contributed by atoms with Gasteiger partial charge in [-0.2, -0.15) is 4.98 Å². The predicted molar refractivity (Wildman–Crippen MR) is 91.5 cm³/mol. The molecule has 2 atom stereocenters. The zero-order valence-corrected chi connectivity index (χ0v) is 15.1. The van der Waals surface area contributed by atoms with Crippen LogP contribution in [0, 0.1) is 0 Å². The molecule has 2 heterocycles. The van der Waals surface area contributed by atoms with Crippen molar-refractivity contribution >= 4 is 37.8 Å². The van der Waals surface area contributed by atoms with Crippen LogP contribution in [0.2, 0.25) is 0 Å². The van der Waals surface area contributed by atoms with Crippen molar-refractivity contribution in [3.8, 4) is 11.4 Å². The topological polar surface area (TPSA) is 56.8 Å². The van der Waals surface area contributed by atoms with Crippen molar-refractivity contribution in [3.05, 3.63) is 27.1 Å². The zero-order chi connectivity index (χ0) is 15.0. The third kappa shape index (κ3) is 3.46. The molecule has 0 aliphatic carbocycles. The fourth-order valence-corrected chi connectivity index (χ4v) is 4.00. The van der Waals surface area contributed by atoms with E-state index < -0.39 is 0 Å². The van der Waals surface area contributed by atoms with Crippen LogP contribution in [0.1, 0.15) is 13.8 Å². The maximum absolute atomic E-state index is 4.65. The molecule has 0 radical (unpaired) electrons. The van der Waals surface area contributed by atoms with E-state index in [4.69, 9.17) is 0 Å². The molecule has 1 aliphatic rings. The number of aromatic nitrogens is 3. The second kappa shape index (κ2) is 6.06. The normalized spacial score (nSPS) is 22.6. The molecule has 3 rings (SSSR count). The van der Waals surface area contributed by atoms with Crippen LogP contribution < -0.4 is 10.2 Å². The molecule has 7 heteroatoms. The van der Waals surface area contributed by atoms with Crippen LogP contribution in [-0.4, -0.2) is 40.4 Å². The molecule has 1 fully saturated rings. The molecular formula is C14H17Br2N5. The van der Waals surface area contributed by atoms with E-state index in [1.807, 2.05) is 18.2 Å². The lowest BCUT2D eigenvalue weighted by Gasteiger charge is -2.35. The second-order valence-corrected chi connectivity index (χ2v) is 7.35. The molecule has 2 unspecified atom stereocenters. The number of hydrogen-bond acceptors (Lipinski definition) is 4. The molecular weight excluding hydrogens is 398 g/mol. The first-order chi connectivity index (χ1) is 10.0. The van der Waals surface area contributed by atoms with E-state index in [0.717, 1.165) is 39.4 Å². The van der Waals surface area contributed by atoms with Gasteiger partial charge >= 0.3 is 0 Å². The minimum atomic E-state index is 0.440. The molecule has 1 aromatic heterocycles. The molecule has 0 bridgehead atoms. The SMILES string of the molecule is CC1CN(c2n[nH]c(-c3cc(Br)cc(Br)c3)n2)CC(C)N1. The Kier molecular flexibility index (Phi) is 4.33. The van der Waals surface area contributed by atoms with Crippen molar-refractivity contribution < 1.29 is 0 Å². The zero-order valence-electron chi connectivity index (χ0n) is 11.9. The van der Waals surface area contributed by atoms with Gasteiger partial charge < -0.3 is 10.2 Å². The first-order valence-corrected chi connectivity index (χ1v) is 8.50. The number of aromatic amines is 1. The van der Waals surface area contributed by atoms with Crippen molar-refractivity contribution in [2.75, 3.05) is 18.0 Å². The molecule has 0 spiro atoms. The van der Waals surface area contributed by atoms with E-state index in [-0.39, 0.29) is 0 Å². The van der Waals surface area contributed by atoms with Crippen molar-refractivity contribution in [2.24, 2.45) is 0 Å². The van der Waals surface area contributed by atoms with E-state index in [2.05, 4.69) is 71.1 Å². The third-order valence-corrected chi connectivity index (χ3v) is 4.37. The Hall–Kier alpha value is -0.920. The van der Waals surface area contributed by atoms with E-state index in [1.165, 1.54) is 0 Å². The molecule has 1 saturated heterocycles. The summed E-state index contributed by atoms with van der Waals surface area (Å²) in [5.41, 5.74) is 1.01. The monoisotopic (exact) mass is 413 g/mol. The van der Waals surface area contributed by atoms with Crippen molar-refractivity contribution in [2.45, 2.75) is 25.9 Å². The van der Waals surface area contributed by atoms with Gasteiger partial charge in [0.05, 0.1) is 0 Å².